The van der Waals surface area contributed by atoms with Crippen LogP contribution in [0.3, 0.4) is 0 Å². The average molecular weight is 252 g/mol. The zero-order chi connectivity index (χ0) is 13.0. The van der Waals surface area contributed by atoms with Crippen LogP contribution >= 0.6 is 0 Å². The van der Waals surface area contributed by atoms with Crippen molar-refractivity contribution >= 4 is 5.76 Å². The molecule has 0 bridgehead atoms. The maximum Gasteiger partial charge on any atom is 0.158 e. The second-order valence-electron chi connectivity index (χ2n) is 4.26. The van der Waals surface area contributed by atoms with Crippen LogP contribution in [0.5, 0.6) is 0 Å². The molecule has 98 valence electrons. The standard InChI is InChI=1S/C14H17FO3/c1-17-14(16)9-10-8-11(15)5-6-12(10)13-4-2-3-7-18-13/h4-6,8,14,16H,2-3,7,9H2,1H3. The quantitative estimate of drug-likeness (QED) is 0.837. The number of rotatable bonds is 4. The third kappa shape index (κ3) is 3.09. The van der Waals surface area contributed by atoms with Gasteiger partial charge in [0.25, 0.3) is 0 Å². The van der Waals surface area contributed by atoms with Crippen molar-refractivity contribution in [3.63, 3.8) is 0 Å². The van der Waals surface area contributed by atoms with Gasteiger partial charge in [-0.05, 0) is 42.7 Å². The predicted octanol–water partition coefficient (Wildman–Crippen LogP) is 2.48. The van der Waals surface area contributed by atoms with Gasteiger partial charge in [0, 0.05) is 19.1 Å². The van der Waals surface area contributed by atoms with Crippen molar-refractivity contribution in [3.05, 3.63) is 41.2 Å². The van der Waals surface area contributed by atoms with Crippen LogP contribution in [0.4, 0.5) is 4.39 Å². The molecule has 0 spiro atoms. The number of ether oxygens (including phenoxy) is 2. The van der Waals surface area contributed by atoms with E-state index in [1.54, 1.807) is 6.07 Å². The topological polar surface area (TPSA) is 38.7 Å². The van der Waals surface area contributed by atoms with Crippen molar-refractivity contribution in [3.8, 4) is 0 Å². The highest BCUT2D eigenvalue weighted by atomic mass is 19.1. The fourth-order valence-electron chi connectivity index (χ4n) is 1.99. The molecular formula is C14H17FO3. The Balaban J connectivity index is 2.30. The molecule has 1 aromatic rings. The van der Waals surface area contributed by atoms with Crippen LogP contribution in [0, 0.1) is 5.82 Å². The van der Waals surface area contributed by atoms with Crippen LogP contribution in [-0.4, -0.2) is 25.1 Å². The van der Waals surface area contributed by atoms with E-state index in [9.17, 15) is 9.50 Å². The zero-order valence-corrected chi connectivity index (χ0v) is 10.4. The lowest BCUT2D eigenvalue weighted by molar-refractivity contribution is -0.0721. The lowest BCUT2D eigenvalue weighted by Crippen LogP contribution is -2.14. The van der Waals surface area contributed by atoms with Gasteiger partial charge in [-0.15, -0.1) is 0 Å². The Kier molecular flexibility index (Phi) is 4.33. The van der Waals surface area contributed by atoms with E-state index in [2.05, 4.69) is 0 Å². The van der Waals surface area contributed by atoms with E-state index >= 15 is 0 Å². The molecule has 0 radical (unpaired) electrons. The van der Waals surface area contributed by atoms with Crippen LogP contribution in [-0.2, 0) is 15.9 Å². The SMILES string of the molecule is COC(O)Cc1cc(F)ccc1C1=CCCCO1. The Bertz CT molecular complexity index is 443. The monoisotopic (exact) mass is 252 g/mol. The summed E-state index contributed by atoms with van der Waals surface area (Å²) in [4.78, 5) is 0. The molecule has 2 rings (SSSR count). The molecule has 1 aliphatic rings. The lowest BCUT2D eigenvalue weighted by atomic mass is 10.0. The minimum Gasteiger partial charge on any atom is -0.493 e. The number of halogens is 1. The highest BCUT2D eigenvalue weighted by molar-refractivity contribution is 5.63. The average Bonchev–Trinajstić information content (AvgIpc) is 2.40. The summed E-state index contributed by atoms with van der Waals surface area (Å²) < 4.78 is 23.7. The Labute approximate surface area is 106 Å². The number of hydrogen-bond donors (Lipinski definition) is 1. The molecule has 0 saturated carbocycles. The molecule has 18 heavy (non-hydrogen) atoms. The first-order chi connectivity index (χ1) is 8.70. The molecule has 0 aliphatic carbocycles. The van der Waals surface area contributed by atoms with E-state index in [4.69, 9.17) is 9.47 Å². The molecule has 1 heterocycles. The maximum absolute atomic E-state index is 13.3. The third-order valence-electron chi connectivity index (χ3n) is 2.94. The Morgan fingerprint density at radius 3 is 3.00 bits per heavy atom. The van der Waals surface area contributed by atoms with Gasteiger partial charge in [-0.1, -0.05) is 0 Å². The molecule has 0 amide bonds. The number of aliphatic hydroxyl groups excluding tert-OH is 1. The van der Waals surface area contributed by atoms with E-state index in [1.807, 2.05) is 6.08 Å². The van der Waals surface area contributed by atoms with E-state index in [-0.39, 0.29) is 12.2 Å². The lowest BCUT2D eigenvalue weighted by Gasteiger charge is -2.19. The van der Waals surface area contributed by atoms with Gasteiger partial charge in [-0.2, -0.15) is 0 Å². The Morgan fingerprint density at radius 2 is 2.33 bits per heavy atom. The second-order valence-corrected chi connectivity index (χ2v) is 4.26. The summed E-state index contributed by atoms with van der Waals surface area (Å²) in [6.07, 6.45) is 3.26. The molecule has 0 fully saturated rings. The maximum atomic E-state index is 13.3. The fourth-order valence-corrected chi connectivity index (χ4v) is 1.99. The first-order valence-electron chi connectivity index (χ1n) is 6.03. The summed E-state index contributed by atoms with van der Waals surface area (Å²) in [6.45, 7) is 0.676. The van der Waals surface area contributed by atoms with Crippen LogP contribution < -0.4 is 0 Å². The van der Waals surface area contributed by atoms with Crippen molar-refractivity contribution in [1.29, 1.82) is 0 Å². The number of aliphatic hydroxyl groups is 1. The molecular weight excluding hydrogens is 235 g/mol. The van der Waals surface area contributed by atoms with Gasteiger partial charge in [-0.3, -0.25) is 0 Å². The summed E-state index contributed by atoms with van der Waals surface area (Å²) in [7, 11) is 1.42. The zero-order valence-electron chi connectivity index (χ0n) is 10.4. The van der Waals surface area contributed by atoms with E-state index in [1.165, 1.54) is 19.2 Å². The predicted molar refractivity (Wildman–Crippen MR) is 66.3 cm³/mol. The fraction of sp³-hybridized carbons (Fsp3) is 0.429. The number of allylic oxidation sites excluding steroid dienone is 1. The van der Waals surface area contributed by atoms with Crippen LogP contribution in [0.2, 0.25) is 0 Å². The summed E-state index contributed by atoms with van der Waals surface area (Å²) in [6, 6.07) is 4.50. The summed E-state index contributed by atoms with van der Waals surface area (Å²) in [5.74, 6) is 0.438. The van der Waals surface area contributed by atoms with E-state index < -0.39 is 6.29 Å². The summed E-state index contributed by atoms with van der Waals surface area (Å²) in [5, 5.41) is 9.52. The Morgan fingerprint density at radius 1 is 1.50 bits per heavy atom. The van der Waals surface area contributed by atoms with Crippen LogP contribution in [0.25, 0.3) is 5.76 Å². The molecule has 1 atom stereocenters. The highest BCUT2D eigenvalue weighted by Crippen LogP contribution is 2.26. The molecule has 4 heteroatoms. The minimum atomic E-state index is -0.935. The van der Waals surface area contributed by atoms with Gasteiger partial charge < -0.3 is 14.6 Å². The smallest absolute Gasteiger partial charge is 0.158 e. The van der Waals surface area contributed by atoms with Gasteiger partial charge in [0.15, 0.2) is 6.29 Å². The molecule has 1 unspecified atom stereocenters. The molecule has 1 aliphatic heterocycles. The Hall–Kier alpha value is -1.39. The van der Waals surface area contributed by atoms with Gasteiger partial charge in [0.1, 0.15) is 11.6 Å². The number of benzene rings is 1. The summed E-state index contributed by atoms with van der Waals surface area (Å²) >= 11 is 0. The molecule has 0 aromatic heterocycles. The van der Waals surface area contributed by atoms with E-state index in [0.717, 1.165) is 24.2 Å². The molecule has 1 aromatic carbocycles. The van der Waals surface area contributed by atoms with Crippen molar-refractivity contribution in [2.24, 2.45) is 0 Å². The molecule has 3 nitrogen and oxygen atoms in total. The van der Waals surface area contributed by atoms with Gasteiger partial charge in [0.05, 0.1) is 6.61 Å². The second kappa shape index (κ2) is 5.98. The van der Waals surface area contributed by atoms with Crippen LogP contribution in [0.1, 0.15) is 24.0 Å². The third-order valence-corrected chi connectivity index (χ3v) is 2.94. The largest absolute Gasteiger partial charge is 0.493 e. The molecule has 0 saturated heterocycles. The van der Waals surface area contributed by atoms with Crippen molar-refractivity contribution in [2.75, 3.05) is 13.7 Å². The van der Waals surface area contributed by atoms with Crippen molar-refractivity contribution in [2.45, 2.75) is 25.6 Å². The van der Waals surface area contributed by atoms with Gasteiger partial charge in [-0.25, -0.2) is 4.39 Å². The highest BCUT2D eigenvalue weighted by Gasteiger charge is 2.15. The number of methoxy groups -OCH3 is 1. The van der Waals surface area contributed by atoms with Gasteiger partial charge >= 0.3 is 0 Å². The van der Waals surface area contributed by atoms with E-state index in [0.29, 0.717) is 12.2 Å². The first-order valence-corrected chi connectivity index (χ1v) is 6.03. The van der Waals surface area contributed by atoms with Crippen molar-refractivity contribution < 1.29 is 19.0 Å². The van der Waals surface area contributed by atoms with Gasteiger partial charge in [0.2, 0.25) is 0 Å². The minimum absolute atomic E-state index is 0.240. The number of hydrogen-bond acceptors (Lipinski definition) is 3. The molecule has 1 N–H and O–H groups in total. The summed E-state index contributed by atoms with van der Waals surface area (Å²) in [5.41, 5.74) is 1.52. The normalized spacial score (nSPS) is 16.9. The first kappa shape index (κ1) is 13.1. The van der Waals surface area contributed by atoms with Crippen LogP contribution in [0.15, 0.2) is 24.3 Å². The van der Waals surface area contributed by atoms with Crippen molar-refractivity contribution in [1.82, 2.24) is 0 Å².